The van der Waals surface area contributed by atoms with Gasteiger partial charge in [-0.25, -0.2) is 0 Å². The molecule has 0 unspecified atom stereocenters. The zero-order chi connectivity index (χ0) is 20.1. The monoisotopic (exact) mass is 381 g/mol. The summed E-state index contributed by atoms with van der Waals surface area (Å²) in [6, 6.07) is 12.0. The van der Waals surface area contributed by atoms with E-state index in [1.165, 1.54) is 0 Å². The third-order valence-electron chi connectivity index (χ3n) is 4.07. The molecule has 0 saturated heterocycles. The molecule has 0 radical (unpaired) electrons. The Labute approximate surface area is 165 Å². The average molecular weight is 381 g/mol. The first-order valence-corrected chi connectivity index (χ1v) is 9.46. The van der Waals surface area contributed by atoms with Crippen molar-refractivity contribution in [1.82, 2.24) is 9.55 Å². The van der Waals surface area contributed by atoms with Gasteiger partial charge in [-0.15, -0.1) is 0 Å². The van der Waals surface area contributed by atoms with Gasteiger partial charge in [0.25, 0.3) is 0 Å². The molecular weight excluding hydrogens is 354 g/mol. The first kappa shape index (κ1) is 19.7. The van der Waals surface area contributed by atoms with E-state index in [-0.39, 0.29) is 12.5 Å². The van der Waals surface area contributed by atoms with Gasteiger partial charge in [-0.1, -0.05) is 0 Å². The van der Waals surface area contributed by atoms with E-state index in [9.17, 15) is 4.79 Å². The Morgan fingerprint density at radius 1 is 1.18 bits per heavy atom. The molecule has 0 fully saturated rings. The molecular formula is C22H27N3O3. The maximum atomic E-state index is 12.1. The highest BCUT2D eigenvalue weighted by molar-refractivity contribution is 5.85. The Kier molecular flexibility index (Phi) is 5.87. The summed E-state index contributed by atoms with van der Waals surface area (Å²) in [5, 5.41) is 4.44. The van der Waals surface area contributed by atoms with Gasteiger partial charge in [0.2, 0.25) is 0 Å². The van der Waals surface area contributed by atoms with E-state index in [0.29, 0.717) is 13.2 Å². The SMILES string of the molecule is CCOc1ccc(CNc2ccc3c(ccn3CC(=O)OC(C)(C)C)c2)nc1. The summed E-state index contributed by atoms with van der Waals surface area (Å²) in [5.74, 6) is 0.535. The molecule has 3 aromatic rings. The van der Waals surface area contributed by atoms with Gasteiger partial charge in [0.15, 0.2) is 0 Å². The van der Waals surface area contributed by atoms with Crippen molar-refractivity contribution >= 4 is 22.6 Å². The standard InChI is InChI=1S/C22H27N3O3/c1-5-27-19-8-6-18(24-14-19)13-23-17-7-9-20-16(12-17)10-11-25(20)15-21(26)28-22(2,3)4/h6-12,14,23H,5,13,15H2,1-4H3. The van der Waals surface area contributed by atoms with Crippen LogP contribution in [0.15, 0.2) is 48.8 Å². The zero-order valence-corrected chi connectivity index (χ0v) is 16.9. The third-order valence-corrected chi connectivity index (χ3v) is 4.07. The van der Waals surface area contributed by atoms with Crippen molar-refractivity contribution in [2.75, 3.05) is 11.9 Å². The minimum absolute atomic E-state index is 0.198. The number of rotatable bonds is 7. The normalized spacial score (nSPS) is 11.4. The number of carbonyl (C=O) groups excluding carboxylic acids is 1. The minimum atomic E-state index is -0.480. The van der Waals surface area contributed by atoms with E-state index in [0.717, 1.165) is 28.0 Å². The number of hydrogen-bond acceptors (Lipinski definition) is 5. The van der Waals surface area contributed by atoms with Gasteiger partial charge in [-0.05, 0) is 64.1 Å². The maximum Gasteiger partial charge on any atom is 0.326 e. The quantitative estimate of drug-likeness (QED) is 0.615. The van der Waals surface area contributed by atoms with Crippen LogP contribution < -0.4 is 10.1 Å². The topological polar surface area (TPSA) is 65.4 Å². The number of ether oxygens (including phenoxy) is 2. The van der Waals surface area contributed by atoms with Crippen LogP contribution in [0.1, 0.15) is 33.4 Å². The molecule has 0 bridgehead atoms. The lowest BCUT2D eigenvalue weighted by atomic mass is 10.2. The van der Waals surface area contributed by atoms with Crippen LogP contribution in [0.25, 0.3) is 10.9 Å². The van der Waals surface area contributed by atoms with E-state index in [1.807, 2.05) is 68.8 Å². The molecule has 148 valence electrons. The summed E-state index contributed by atoms with van der Waals surface area (Å²) in [5.41, 5.74) is 2.45. The lowest BCUT2D eigenvalue weighted by Crippen LogP contribution is -2.26. The van der Waals surface area contributed by atoms with Crippen LogP contribution in [0, 0.1) is 0 Å². The highest BCUT2D eigenvalue weighted by Gasteiger charge is 2.17. The number of benzene rings is 1. The van der Waals surface area contributed by atoms with Gasteiger partial charge < -0.3 is 19.4 Å². The highest BCUT2D eigenvalue weighted by Crippen LogP contribution is 2.22. The maximum absolute atomic E-state index is 12.1. The van der Waals surface area contributed by atoms with Crippen molar-refractivity contribution in [3.63, 3.8) is 0 Å². The Morgan fingerprint density at radius 2 is 2.00 bits per heavy atom. The van der Waals surface area contributed by atoms with Crippen LogP contribution in [-0.2, 0) is 22.6 Å². The van der Waals surface area contributed by atoms with Crippen molar-refractivity contribution in [3.8, 4) is 5.75 Å². The number of aromatic nitrogens is 2. The summed E-state index contributed by atoms with van der Waals surface area (Å²) in [6.07, 6.45) is 3.65. The molecule has 6 nitrogen and oxygen atoms in total. The van der Waals surface area contributed by atoms with E-state index in [4.69, 9.17) is 9.47 Å². The second kappa shape index (κ2) is 8.33. The number of hydrogen-bond donors (Lipinski definition) is 1. The number of nitrogens with one attached hydrogen (secondary N) is 1. The van der Waals surface area contributed by atoms with E-state index in [2.05, 4.69) is 16.4 Å². The summed E-state index contributed by atoms with van der Waals surface area (Å²) >= 11 is 0. The van der Waals surface area contributed by atoms with Crippen LogP contribution in [0.5, 0.6) is 5.75 Å². The molecule has 1 aromatic carbocycles. The van der Waals surface area contributed by atoms with Crippen LogP contribution in [0.2, 0.25) is 0 Å². The van der Waals surface area contributed by atoms with Crippen LogP contribution in [0.4, 0.5) is 5.69 Å². The smallest absolute Gasteiger partial charge is 0.326 e. The third kappa shape index (κ3) is 5.25. The van der Waals surface area contributed by atoms with E-state index in [1.54, 1.807) is 6.20 Å². The summed E-state index contributed by atoms with van der Waals surface area (Å²) in [4.78, 5) is 16.5. The number of esters is 1. The zero-order valence-electron chi connectivity index (χ0n) is 16.9. The number of fused-ring (bicyclic) bond motifs is 1. The molecule has 3 rings (SSSR count). The Bertz CT molecular complexity index is 940. The molecule has 0 amide bonds. The van der Waals surface area contributed by atoms with Gasteiger partial charge in [-0.2, -0.15) is 0 Å². The lowest BCUT2D eigenvalue weighted by Gasteiger charge is -2.19. The molecule has 0 saturated carbocycles. The second-order valence-corrected chi connectivity index (χ2v) is 7.58. The second-order valence-electron chi connectivity index (χ2n) is 7.58. The largest absolute Gasteiger partial charge is 0.492 e. The predicted molar refractivity (Wildman–Crippen MR) is 111 cm³/mol. The molecule has 0 atom stereocenters. The fraction of sp³-hybridized carbons (Fsp3) is 0.364. The molecule has 2 heterocycles. The first-order valence-electron chi connectivity index (χ1n) is 9.46. The predicted octanol–water partition coefficient (Wildman–Crippen LogP) is 4.39. The van der Waals surface area contributed by atoms with Crippen molar-refractivity contribution in [3.05, 3.63) is 54.5 Å². The first-order chi connectivity index (χ1) is 13.3. The van der Waals surface area contributed by atoms with Crippen molar-refractivity contribution in [2.45, 2.75) is 46.4 Å². The molecule has 0 aliphatic heterocycles. The van der Waals surface area contributed by atoms with Crippen molar-refractivity contribution in [2.24, 2.45) is 0 Å². The van der Waals surface area contributed by atoms with E-state index >= 15 is 0 Å². The van der Waals surface area contributed by atoms with Gasteiger partial charge >= 0.3 is 5.97 Å². The number of pyridine rings is 1. The fourth-order valence-electron chi connectivity index (χ4n) is 2.92. The van der Waals surface area contributed by atoms with Gasteiger partial charge in [-0.3, -0.25) is 9.78 Å². The van der Waals surface area contributed by atoms with Crippen molar-refractivity contribution < 1.29 is 14.3 Å². The average Bonchev–Trinajstić information content (AvgIpc) is 3.02. The molecule has 2 aromatic heterocycles. The molecule has 1 N–H and O–H groups in total. The Morgan fingerprint density at radius 3 is 2.68 bits per heavy atom. The molecule has 28 heavy (non-hydrogen) atoms. The summed E-state index contributed by atoms with van der Waals surface area (Å²) in [6.45, 7) is 9.01. The molecule has 0 aliphatic rings. The number of anilines is 1. The lowest BCUT2D eigenvalue weighted by molar-refractivity contribution is -0.155. The Hall–Kier alpha value is -3.02. The summed E-state index contributed by atoms with van der Waals surface area (Å²) < 4.78 is 12.7. The number of nitrogens with zero attached hydrogens (tertiary/aromatic N) is 2. The van der Waals surface area contributed by atoms with Gasteiger partial charge in [0.05, 0.1) is 25.0 Å². The summed E-state index contributed by atoms with van der Waals surface area (Å²) in [7, 11) is 0. The fourth-order valence-corrected chi connectivity index (χ4v) is 2.92. The molecule has 6 heteroatoms. The number of carbonyl (C=O) groups is 1. The molecule has 0 aliphatic carbocycles. The van der Waals surface area contributed by atoms with Crippen molar-refractivity contribution in [1.29, 1.82) is 0 Å². The van der Waals surface area contributed by atoms with Crippen LogP contribution in [0.3, 0.4) is 0 Å². The Balaban J connectivity index is 1.64. The highest BCUT2D eigenvalue weighted by atomic mass is 16.6. The van der Waals surface area contributed by atoms with Gasteiger partial charge in [0, 0.05) is 22.8 Å². The van der Waals surface area contributed by atoms with Gasteiger partial charge in [0.1, 0.15) is 17.9 Å². The van der Waals surface area contributed by atoms with Crippen LogP contribution in [-0.4, -0.2) is 27.7 Å². The van der Waals surface area contributed by atoms with Crippen LogP contribution >= 0.6 is 0 Å². The van der Waals surface area contributed by atoms with E-state index < -0.39 is 5.60 Å². The minimum Gasteiger partial charge on any atom is -0.492 e. The molecule has 0 spiro atoms.